The van der Waals surface area contributed by atoms with Crippen molar-refractivity contribution in [3.05, 3.63) is 73.2 Å². The first-order chi connectivity index (χ1) is 13.8. The third kappa shape index (κ3) is 3.74. The topological polar surface area (TPSA) is 62.3 Å². The van der Waals surface area contributed by atoms with Crippen molar-refractivity contribution in [2.45, 2.75) is 31.6 Å². The van der Waals surface area contributed by atoms with E-state index in [9.17, 15) is 27.5 Å². The average molecular weight is 425 g/mol. The molecule has 0 spiro atoms. The van der Waals surface area contributed by atoms with Crippen LogP contribution in [0.3, 0.4) is 0 Å². The van der Waals surface area contributed by atoms with E-state index in [1.54, 1.807) is 18.2 Å². The van der Waals surface area contributed by atoms with Gasteiger partial charge in [-0.1, -0.05) is 17.4 Å². The highest BCUT2D eigenvalue weighted by Crippen LogP contribution is 2.43. The molecule has 4 rings (SSSR count). The van der Waals surface area contributed by atoms with E-state index >= 15 is 0 Å². The molecule has 1 aliphatic carbocycles. The van der Waals surface area contributed by atoms with Gasteiger partial charge >= 0.3 is 11.0 Å². The van der Waals surface area contributed by atoms with Gasteiger partial charge in [0.05, 0.1) is 10.4 Å². The summed E-state index contributed by atoms with van der Waals surface area (Å²) >= 11 is 0.964. The molecule has 3 aromatic rings. The van der Waals surface area contributed by atoms with Crippen molar-refractivity contribution in [3.63, 3.8) is 0 Å². The number of hydrogen-bond donors (Lipinski definition) is 2. The molecule has 1 heterocycles. The fourth-order valence-corrected chi connectivity index (χ4v) is 4.47. The Hall–Kier alpha value is -2.81. The quantitative estimate of drug-likeness (QED) is 0.543. The largest absolute Gasteiger partial charge is 0.494 e. The van der Waals surface area contributed by atoms with Gasteiger partial charge in [0.15, 0.2) is 0 Å². The number of hydrogen-bond acceptors (Lipinski definition) is 4. The van der Waals surface area contributed by atoms with Crippen molar-refractivity contribution < 1.29 is 27.4 Å². The molecule has 1 aromatic heterocycles. The molecule has 152 valence electrons. The summed E-state index contributed by atoms with van der Waals surface area (Å²) in [6, 6.07) is 7.91. The number of H-pyrrole nitrogens is 1. The van der Waals surface area contributed by atoms with Crippen LogP contribution in [0.5, 0.6) is 17.4 Å². The minimum Gasteiger partial charge on any atom is -0.494 e. The van der Waals surface area contributed by atoms with Crippen molar-refractivity contribution in [1.82, 2.24) is 4.98 Å². The van der Waals surface area contributed by atoms with E-state index < -0.39 is 18.4 Å². The van der Waals surface area contributed by atoms with Crippen molar-refractivity contribution in [2.24, 2.45) is 0 Å². The minimum absolute atomic E-state index is 0.0245. The van der Waals surface area contributed by atoms with Crippen LogP contribution < -0.4 is 9.61 Å². The molecule has 4 nitrogen and oxygen atoms in total. The Morgan fingerprint density at radius 3 is 2.66 bits per heavy atom. The second-order valence-electron chi connectivity index (χ2n) is 6.74. The number of nitrogens with one attached hydrogen (secondary N) is 1. The zero-order valence-electron chi connectivity index (χ0n) is 14.8. The number of ether oxygens (including phenoxy) is 1. The van der Waals surface area contributed by atoms with E-state index in [-0.39, 0.29) is 28.0 Å². The normalized spacial score (nSPS) is 16.1. The summed E-state index contributed by atoms with van der Waals surface area (Å²) < 4.78 is 57.4. The molecule has 29 heavy (non-hydrogen) atoms. The number of alkyl halides is 4. The lowest BCUT2D eigenvalue weighted by molar-refractivity contribution is -0.137. The van der Waals surface area contributed by atoms with Crippen molar-refractivity contribution in [3.8, 4) is 17.4 Å². The van der Waals surface area contributed by atoms with E-state index in [4.69, 9.17) is 4.74 Å². The smallest absolute Gasteiger partial charge is 0.416 e. The number of fused-ring (bicyclic) bond motifs is 1. The van der Waals surface area contributed by atoms with Crippen LogP contribution in [0.25, 0.3) is 0 Å². The average Bonchev–Trinajstić information content (AvgIpc) is 3.22. The lowest BCUT2D eigenvalue weighted by Crippen LogP contribution is -2.05. The van der Waals surface area contributed by atoms with Crippen LogP contribution in [0.2, 0.25) is 0 Å². The van der Waals surface area contributed by atoms with Crippen LogP contribution in [0.15, 0.2) is 41.2 Å². The monoisotopic (exact) mass is 425 g/mol. The van der Waals surface area contributed by atoms with E-state index in [1.807, 2.05) is 0 Å². The first-order valence-electron chi connectivity index (χ1n) is 8.75. The molecule has 1 aliphatic rings. The van der Waals surface area contributed by atoms with Gasteiger partial charge in [0, 0.05) is 11.5 Å². The molecule has 0 saturated heterocycles. The summed E-state index contributed by atoms with van der Waals surface area (Å²) in [7, 11) is 0. The zero-order chi connectivity index (χ0) is 20.8. The number of benzene rings is 2. The van der Waals surface area contributed by atoms with Crippen LogP contribution in [0, 0.1) is 0 Å². The second kappa shape index (κ2) is 7.22. The van der Waals surface area contributed by atoms with E-state index in [1.165, 1.54) is 0 Å². The molecule has 0 saturated carbocycles. The summed E-state index contributed by atoms with van der Waals surface area (Å²) in [5, 5.41) is 9.92. The Balaban J connectivity index is 1.61. The van der Waals surface area contributed by atoms with Crippen LogP contribution in [0.4, 0.5) is 17.6 Å². The predicted molar refractivity (Wildman–Crippen MR) is 99.5 cm³/mol. The van der Waals surface area contributed by atoms with Gasteiger partial charge in [-0.05, 0) is 54.3 Å². The van der Waals surface area contributed by atoms with E-state index in [0.29, 0.717) is 23.5 Å². The van der Waals surface area contributed by atoms with Gasteiger partial charge in [-0.3, -0.25) is 9.78 Å². The number of halogens is 4. The minimum atomic E-state index is -4.56. The van der Waals surface area contributed by atoms with Crippen molar-refractivity contribution in [2.75, 3.05) is 0 Å². The number of aromatic nitrogens is 1. The molecule has 0 bridgehead atoms. The predicted octanol–water partition coefficient (Wildman–Crippen LogP) is 5.50. The van der Waals surface area contributed by atoms with Gasteiger partial charge in [0.2, 0.25) is 5.88 Å². The van der Waals surface area contributed by atoms with Crippen molar-refractivity contribution >= 4 is 11.3 Å². The standard InChI is InChI=1S/C20H15F4NO3S/c21-9-11-7-12(20(22,23)24)2-6-16(11)28-13-3-5-14-10(8-13)1-4-15(14)17-18(26)25-19(27)29-17/h2-3,5-8,15,26H,1,4,9H2,(H,25,27)/t15-/m1/s1. The van der Waals surface area contributed by atoms with Gasteiger partial charge in [0.25, 0.3) is 0 Å². The van der Waals surface area contributed by atoms with Gasteiger partial charge in [-0.25, -0.2) is 4.39 Å². The summed E-state index contributed by atoms with van der Waals surface area (Å²) in [5.41, 5.74) is 0.780. The van der Waals surface area contributed by atoms with Gasteiger partial charge in [-0.15, -0.1) is 0 Å². The Morgan fingerprint density at radius 1 is 1.21 bits per heavy atom. The molecule has 1 atom stereocenters. The summed E-state index contributed by atoms with van der Waals surface area (Å²) in [4.78, 5) is 14.1. The van der Waals surface area contributed by atoms with Crippen LogP contribution in [-0.4, -0.2) is 10.1 Å². The fraction of sp³-hybridized carbons (Fsp3) is 0.250. The maximum absolute atomic E-state index is 13.3. The number of rotatable bonds is 4. The lowest BCUT2D eigenvalue weighted by atomic mass is 10.00. The molecule has 0 fully saturated rings. The van der Waals surface area contributed by atoms with Gasteiger partial charge in [0.1, 0.15) is 18.2 Å². The number of aryl methyl sites for hydroxylation is 1. The summed E-state index contributed by atoms with van der Waals surface area (Å²) in [5.74, 6) is 0.160. The SMILES string of the molecule is O=c1[nH]c(O)c([C@@H]2CCc3cc(Oc4ccc(C(F)(F)F)cc4CF)ccc32)s1. The van der Waals surface area contributed by atoms with Crippen LogP contribution >= 0.6 is 11.3 Å². The molecule has 2 aromatic carbocycles. The Bertz CT molecular complexity index is 1120. The zero-order valence-corrected chi connectivity index (χ0v) is 15.7. The highest BCUT2D eigenvalue weighted by Gasteiger charge is 2.31. The molecule has 2 N–H and O–H groups in total. The lowest BCUT2D eigenvalue weighted by Gasteiger charge is -2.14. The molecule has 0 unspecified atom stereocenters. The first kappa shape index (κ1) is 19.5. The van der Waals surface area contributed by atoms with Crippen LogP contribution in [0.1, 0.15) is 39.5 Å². The molecule has 0 radical (unpaired) electrons. The first-order valence-corrected chi connectivity index (χ1v) is 9.56. The Kier molecular flexibility index (Phi) is 4.85. The number of aromatic hydroxyl groups is 1. The molecule has 0 aliphatic heterocycles. The Morgan fingerprint density at radius 2 is 2.00 bits per heavy atom. The highest BCUT2D eigenvalue weighted by atomic mass is 32.1. The molecule has 9 heteroatoms. The number of thiazole rings is 1. The fourth-order valence-electron chi connectivity index (χ4n) is 3.58. The summed E-state index contributed by atoms with van der Waals surface area (Å²) in [6.07, 6.45) is -3.17. The van der Waals surface area contributed by atoms with Crippen molar-refractivity contribution in [1.29, 1.82) is 0 Å². The summed E-state index contributed by atoms with van der Waals surface area (Å²) in [6.45, 7) is -1.09. The molecular weight excluding hydrogens is 410 g/mol. The van der Waals surface area contributed by atoms with Crippen LogP contribution in [-0.2, 0) is 19.3 Å². The van der Waals surface area contributed by atoms with E-state index in [0.717, 1.165) is 40.7 Å². The Labute approximate surface area is 166 Å². The third-order valence-corrected chi connectivity index (χ3v) is 5.91. The van der Waals surface area contributed by atoms with Gasteiger partial charge in [-0.2, -0.15) is 13.2 Å². The maximum Gasteiger partial charge on any atom is 0.416 e. The van der Waals surface area contributed by atoms with Gasteiger partial charge < -0.3 is 9.84 Å². The third-order valence-electron chi connectivity index (χ3n) is 4.92. The highest BCUT2D eigenvalue weighted by molar-refractivity contribution is 7.09. The second-order valence-corrected chi connectivity index (χ2v) is 7.75. The van der Waals surface area contributed by atoms with E-state index in [2.05, 4.69) is 4.98 Å². The molecular formula is C20H15F4NO3S. The number of aromatic amines is 1. The maximum atomic E-state index is 13.3. The molecule has 0 amide bonds.